The molecule has 0 spiro atoms. The number of carbonyl (C=O) groups is 1. The van der Waals surface area contributed by atoms with Crippen LogP contribution < -0.4 is 10.1 Å². The monoisotopic (exact) mass is 306 g/mol. The van der Waals surface area contributed by atoms with E-state index in [1.165, 1.54) is 11.1 Å². The second kappa shape index (κ2) is 5.16. The highest BCUT2D eigenvalue weighted by molar-refractivity contribution is 6.06. The van der Waals surface area contributed by atoms with Crippen molar-refractivity contribution >= 4 is 22.5 Å². The number of fused-ring (bicyclic) bond motifs is 2. The van der Waals surface area contributed by atoms with Gasteiger partial charge >= 0.3 is 0 Å². The summed E-state index contributed by atoms with van der Waals surface area (Å²) in [6, 6.07) is 11.9. The van der Waals surface area contributed by atoms with Gasteiger partial charge in [0.2, 0.25) is 0 Å². The van der Waals surface area contributed by atoms with Crippen molar-refractivity contribution in [2.75, 3.05) is 11.9 Å². The van der Waals surface area contributed by atoms with Crippen LogP contribution in [0.4, 0.5) is 5.69 Å². The van der Waals surface area contributed by atoms with E-state index in [1.807, 2.05) is 31.2 Å². The summed E-state index contributed by atoms with van der Waals surface area (Å²) in [5.41, 5.74) is 5.86. The minimum Gasteiger partial charge on any atom is -0.493 e. The molecule has 0 bridgehead atoms. The van der Waals surface area contributed by atoms with E-state index in [0.29, 0.717) is 12.3 Å². The lowest BCUT2D eigenvalue weighted by atomic mass is 10.1. The van der Waals surface area contributed by atoms with Crippen molar-refractivity contribution in [2.45, 2.75) is 20.3 Å². The number of nitrogens with one attached hydrogen (secondary N) is 2. The number of aryl methyl sites for hydroxylation is 2. The summed E-state index contributed by atoms with van der Waals surface area (Å²) in [7, 11) is 0. The van der Waals surface area contributed by atoms with E-state index in [0.717, 1.165) is 34.3 Å². The Kier molecular flexibility index (Phi) is 3.11. The van der Waals surface area contributed by atoms with Crippen LogP contribution in [-0.2, 0) is 6.42 Å². The molecule has 4 heteroatoms. The maximum atomic E-state index is 12.5. The predicted molar refractivity (Wildman–Crippen MR) is 91.4 cm³/mol. The second-order valence-corrected chi connectivity index (χ2v) is 6.10. The predicted octanol–water partition coefficient (Wildman–Crippen LogP) is 3.97. The van der Waals surface area contributed by atoms with Gasteiger partial charge in [-0.25, -0.2) is 0 Å². The van der Waals surface area contributed by atoms with E-state index in [-0.39, 0.29) is 5.91 Å². The van der Waals surface area contributed by atoms with Crippen LogP contribution in [0.1, 0.15) is 27.2 Å². The van der Waals surface area contributed by atoms with Crippen molar-refractivity contribution in [1.82, 2.24) is 4.98 Å². The Labute approximate surface area is 134 Å². The number of rotatable bonds is 2. The van der Waals surface area contributed by atoms with Crippen LogP contribution in [0.15, 0.2) is 36.4 Å². The molecule has 1 aromatic heterocycles. The number of hydrogen-bond donors (Lipinski definition) is 2. The van der Waals surface area contributed by atoms with Crippen molar-refractivity contribution in [3.05, 3.63) is 58.8 Å². The fourth-order valence-corrected chi connectivity index (χ4v) is 3.18. The van der Waals surface area contributed by atoms with E-state index < -0.39 is 0 Å². The Bertz CT molecular complexity index is 925. The molecule has 0 radical (unpaired) electrons. The molecule has 4 rings (SSSR count). The van der Waals surface area contributed by atoms with Crippen LogP contribution in [-0.4, -0.2) is 17.5 Å². The summed E-state index contributed by atoms with van der Waals surface area (Å²) < 4.78 is 5.54. The number of H-pyrrole nitrogens is 1. The first-order chi connectivity index (χ1) is 11.1. The Balaban J connectivity index is 1.63. The molecule has 0 aliphatic carbocycles. The maximum absolute atomic E-state index is 12.5. The molecule has 23 heavy (non-hydrogen) atoms. The molecule has 1 amide bonds. The van der Waals surface area contributed by atoms with Crippen LogP contribution >= 0.6 is 0 Å². The summed E-state index contributed by atoms with van der Waals surface area (Å²) in [5.74, 6) is 0.724. The number of aromatic amines is 1. The summed E-state index contributed by atoms with van der Waals surface area (Å²) >= 11 is 0. The topological polar surface area (TPSA) is 54.1 Å². The minimum absolute atomic E-state index is 0.142. The second-order valence-electron chi connectivity index (χ2n) is 6.10. The fourth-order valence-electron chi connectivity index (χ4n) is 3.18. The van der Waals surface area contributed by atoms with Gasteiger partial charge in [-0.05, 0) is 43.2 Å². The van der Waals surface area contributed by atoms with Crippen molar-refractivity contribution < 1.29 is 9.53 Å². The first-order valence-electron chi connectivity index (χ1n) is 7.77. The number of anilines is 1. The van der Waals surface area contributed by atoms with Gasteiger partial charge in [-0.1, -0.05) is 17.7 Å². The fraction of sp³-hybridized carbons (Fsp3) is 0.211. The molecule has 4 nitrogen and oxygen atoms in total. The van der Waals surface area contributed by atoms with Crippen LogP contribution in [0.25, 0.3) is 10.9 Å². The summed E-state index contributed by atoms with van der Waals surface area (Å²) in [5, 5.41) is 3.99. The van der Waals surface area contributed by atoms with Gasteiger partial charge < -0.3 is 15.0 Å². The van der Waals surface area contributed by atoms with Crippen molar-refractivity contribution in [3.8, 4) is 5.75 Å². The van der Waals surface area contributed by atoms with E-state index >= 15 is 0 Å². The van der Waals surface area contributed by atoms with Gasteiger partial charge in [0.15, 0.2) is 0 Å². The standard InChI is InChI=1S/C19H18N2O2/c1-11-7-12(2)18-14(8-11)9-16(21-18)19(22)20-15-4-3-13-5-6-23-17(13)10-15/h3-4,7-10,21H,5-6H2,1-2H3,(H,20,22). The number of ether oxygens (including phenoxy) is 1. The Hall–Kier alpha value is -2.75. The Morgan fingerprint density at radius 2 is 2.04 bits per heavy atom. The van der Waals surface area contributed by atoms with Gasteiger partial charge in [0.25, 0.3) is 5.91 Å². The maximum Gasteiger partial charge on any atom is 0.272 e. The number of benzene rings is 2. The molecule has 116 valence electrons. The number of hydrogen-bond acceptors (Lipinski definition) is 2. The number of carbonyl (C=O) groups excluding carboxylic acids is 1. The molecular weight excluding hydrogens is 288 g/mol. The molecule has 0 atom stereocenters. The molecular formula is C19H18N2O2. The zero-order chi connectivity index (χ0) is 16.0. The molecule has 2 aromatic carbocycles. The SMILES string of the molecule is Cc1cc(C)c2[nH]c(C(=O)Nc3ccc4c(c3)OCC4)cc2c1. The molecule has 0 saturated heterocycles. The van der Waals surface area contributed by atoms with Crippen LogP contribution in [0.3, 0.4) is 0 Å². The number of aromatic nitrogens is 1. The first kappa shape index (κ1) is 13.9. The quantitative estimate of drug-likeness (QED) is 0.752. The lowest BCUT2D eigenvalue weighted by molar-refractivity contribution is 0.102. The van der Waals surface area contributed by atoms with Crippen molar-refractivity contribution in [1.29, 1.82) is 0 Å². The molecule has 0 fully saturated rings. The summed E-state index contributed by atoms with van der Waals surface area (Å²) in [6.07, 6.45) is 0.935. The minimum atomic E-state index is -0.142. The lowest BCUT2D eigenvalue weighted by Crippen LogP contribution is -2.12. The van der Waals surface area contributed by atoms with Gasteiger partial charge in [0.05, 0.1) is 6.61 Å². The summed E-state index contributed by atoms with van der Waals surface area (Å²) in [4.78, 5) is 15.7. The highest BCUT2D eigenvalue weighted by Crippen LogP contribution is 2.28. The van der Waals surface area contributed by atoms with Crippen LogP contribution in [0.2, 0.25) is 0 Å². The van der Waals surface area contributed by atoms with Crippen LogP contribution in [0.5, 0.6) is 5.75 Å². The third-order valence-corrected chi connectivity index (χ3v) is 4.27. The third kappa shape index (κ3) is 2.46. The molecule has 2 heterocycles. The Morgan fingerprint density at radius 1 is 1.17 bits per heavy atom. The van der Waals surface area contributed by atoms with Gasteiger partial charge in [0.1, 0.15) is 11.4 Å². The van der Waals surface area contributed by atoms with E-state index in [4.69, 9.17) is 4.74 Å². The largest absolute Gasteiger partial charge is 0.493 e. The van der Waals surface area contributed by atoms with Crippen molar-refractivity contribution in [2.24, 2.45) is 0 Å². The van der Waals surface area contributed by atoms with Gasteiger partial charge in [-0.15, -0.1) is 0 Å². The average molecular weight is 306 g/mol. The average Bonchev–Trinajstić information content (AvgIpc) is 3.12. The summed E-state index contributed by atoms with van der Waals surface area (Å²) in [6.45, 7) is 4.82. The van der Waals surface area contributed by atoms with Gasteiger partial charge in [0, 0.05) is 29.1 Å². The molecule has 2 N–H and O–H groups in total. The van der Waals surface area contributed by atoms with E-state index in [2.05, 4.69) is 29.4 Å². The number of amides is 1. The Morgan fingerprint density at radius 3 is 2.91 bits per heavy atom. The highest BCUT2D eigenvalue weighted by atomic mass is 16.5. The van der Waals surface area contributed by atoms with Crippen molar-refractivity contribution in [3.63, 3.8) is 0 Å². The molecule has 3 aromatic rings. The van der Waals surface area contributed by atoms with E-state index in [1.54, 1.807) is 0 Å². The van der Waals surface area contributed by atoms with E-state index in [9.17, 15) is 4.79 Å². The molecule has 1 aliphatic heterocycles. The third-order valence-electron chi connectivity index (χ3n) is 4.27. The molecule has 0 unspecified atom stereocenters. The first-order valence-corrected chi connectivity index (χ1v) is 7.77. The smallest absolute Gasteiger partial charge is 0.272 e. The van der Waals surface area contributed by atoms with Crippen LogP contribution in [0, 0.1) is 13.8 Å². The normalized spacial score (nSPS) is 13.0. The zero-order valence-corrected chi connectivity index (χ0v) is 13.2. The zero-order valence-electron chi connectivity index (χ0n) is 13.2. The lowest BCUT2D eigenvalue weighted by Gasteiger charge is -2.06. The molecule has 1 aliphatic rings. The molecule has 0 saturated carbocycles. The van der Waals surface area contributed by atoms with Gasteiger partial charge in [-0.2, -0.15) is 0 Å². The van der Waals surface area contributed by atoms with Gasteiger partial charge in [-0.3, -0.25) is 4.79 Å². The highest BCUT2D eigenvalue weighted by Gasteiger charge is 2.15.